The van der Waals surface area contributed by atoms with Crippen LogP contribution in [0.3, 0.4) is 0 Å². The predicted octanol–water partition coefficient (Wildman–Crippen LogP) is 0.393. The van der Waals surface area contributed by atoms with Gasteiger partial charge in [-0.15, -0.1) is 0 Å². The number of nitrogens with one attached hydrogen (secondary N) is 1. The molecule has 0 aromatic carbocycles. The van der Waals surface area contributed by atoms with Crippen molar-refractivity contribution in [1.29, 1.82) is 0 Å². The van der Waals surface area contributed by atoms with Crippen LogP contribution in [-0.2, 0) is 9.59 Å². The van der Waals surface area contributed by atoms with Crippen molar-refractivity contribution in [2.24, 2.45) is 0 Å². The maximum atomic E-state index is 11.6. The van der Waals surface area contributed by atoms with Crippen LogP contribution in [0, 0.1) is 0 Å². The molecule has 18 heavy (non-hydrogen) atoms. The highest BCUT2D eigenvalue weighted by molar-refractivity contribution is 6.29. The summed E-state index contributed by atoms with van der Waals surface area (Å²) in [7, 11) is 0. The van der Waals surface area contributed by atoms with Crippen LogP contribution in [0.25, 0.3) is 0 Å². The topological polar surface area (TPSA) is 117 Å². The summed E-state index contributed by atoms with van der Waals surface area (Å²) in [5.74, 6) is -3.47. The number of carboxylic acids is 2. The van der Waals surface area contributed by atoms with Gasteiger partial charge < -0.3 is 15.5 Å². The lowest BCUT2D eigenvalue weighted by molar-refractivity contribution is -0.145. The van der Waals surface area contributed by atoms with Gasteiger partial charge in [0.1, 0.15) is 11.2 Å². The molecule has 1 aromatic rings. The SMILES string of the molecule is O=C(O)C[C@@H](NC(=O)c1ccc(Cl)nc1)C(=O)O. The number of carbonyl (C=O) groups is 3. The van der Waals surface area contributed by atoms with Crippen molar-refractivity contribution in [1.82, 2.24) is 10.3 Å². The molecule has 1 atom stereocenters. The van der Waals surface area contributed by atoms with Crippen LogP contribution in [0.4, 0.5) is 0 Å². The standard InChI is InChI=1S/C10H9ClN2O5/c11-7-2-1-5(4-12-7)9(16)13-6(10(17)18)3-8(14)15/h1-2,4,6H,3H2,(H,13,16)(H,14,15)(H,17,18)/t6-/m1/s1. The van der Waals surface area contributed by atoms with Crippen molar-refractivity contribution in [2.45, 2.75) is 12.5 Å². The number of aromatic nitrogens is 1. The largest absolute Gasteiger partial charge is 0.481 e. The molecule has 0 aliphatic carbocycles. The Hall–Kier alpha value is -2.15. The molecule has 0 unspecified atom stereocenters. The lowest BCUT2D eigenvalue weighted by Gasteiger charge is -2.12. The van der Waals surface area contributed by atoms with Crippen LogP contribution in [0.2, 0.25) is 5.15 Å². The van der Waals surface area contributed by atoms with Gasteiger partial charge in [0.15, 0.2) is 0 Å². The number of aliphatic carboxylic acids is 2. The van der Waals surface area contributed by atoms with Crippen LogP contribution in [0.5, 0.6) is 0 Å². The molecule has 1 heterocycles. The summed E-state index contributed by atoms with van der Waals surface area (Å²) in [6, 6.07) is 1.22. The van der Waals surface area contributed by atoms with Crippen molar-refractivity contribution in [3.8, 4) is 0 Å². The van der Waals surface area contributed by atoms with E-state index in [1.165, 1.54) is 12.1 Å². The first kappa shape index (κ1) is 13.9. The second kappa shape index (κ2) is 5.97. The molecule has 7 nitrogen and oxygen atoms in total. The van der Waals surface area contributed by atoms with Crippen molar-refractivity contribution in [3.63, 3.8) is 0 Å². The molecule has 0 bridgehead atoms. The quantitative estimate of drug-likeness (QED) is 0.668. The summed E-state index contributed by atoms with van der Waals surface area (Å²) >= 11 is 5.53. The lowest BCUT2D eigenvalue weighted by atomic mass is 10.2. The second-order valence-corrected chi connectivity index (χ2v) is 3.72. The molecule has 0 radical (unpaired) electrons. The number of carboxylic acid groups (broad SMARTS) is 2. The Labute approximate surface area is 106 Å². The van der Waals surface area contributed by atoms with E-state index in [4.69, 9.17) is 21.8 Å². The summed E-state index contributed by atoms with van der Waals surface area (Å²) in [5, 5.41) is 19.5. The first-order chi connectivity index (χ1) is 8.40. The van der Waals surface area contributed by atoms with E-state index in [0.29, 0.717) is 0 Å². The van der Waals surface area contributed by atoms with Crippen molar-refractivity contribution in [3.05, 3.63) is 29.0 Å². The van der Waals surface area contributed by atoms with Gasteiger partial charge in [0.2, 0.25) is 0 Å². The molecule has 1 aromatic heterocycles. The first-order valence-corrected chi connectivity index (χ1v) is 5.15. The minimum absolute atomic E-state index is 0.0936. The molecule has 8 heteroatoms. The summed E-state index contributed by atoms with van der Waals surface area (Å²) in [4.78, 5) is 36.4. The zero-order valence-electron chi connectivity index (χ0n) is 8.96. The number of amides is 1. The highest BCUT2D eigenvalue weighted by Crippen LogP contribution is 2.05. The maximum absolute atomic E-state index is 11.6. The van der Waals surface area contributed by atoms with E-state index in [0.717, 1.165) is 6.20 Å². The van der Waals surface area contributed by atoms with E-state index in [-0.39, 0.29) is 10.7 Å². The third-order valence-electron chi connectivity index (χ3n) is 1.97. The average molecular weight is 273 g/mol. The van der Waals surface area contributed by atoms with Crippen LogP contribution in [0.1, 0.15) is 16.8 Å². The average Bonchev–Trinajstić information content (AvgIpc) is 2.28. The fourth-order valence-electron chi connectivity index (χ4n) is 1.13. The normalized spacial score (nSPS) is 11.6. The molecule has 0 saturated carbocycles. The minimum Gasteiger partial charge on any atom is -0.481 e. The van der Waals surface area contributed by atoms with Gasteiger partial charge in [-0.3, -0.25) is 9.59 Å². The van der Waals surface area contributed by atoms with Gasteiger partial charge in [-0.1, -0.05) is 11.6 Å². The van der Waals surface area contributed by atoms with Gasteiger partial charge in [-0.25, -0.2) is 9.78 Å². The van der Waals surface area contributed by atoms with Gasteiger partial charge in [-0.2, -0.15) is 0 Å². The molecule has 0 aliphatic rings. The molecule has 1 amide bonds. The van der Waals surface area contributed by atoms with Crippen molar-refractivity contribution in [2.75, 3.05) is 0 Å². The molecule has 0 saturated heterocycles. The van der Waals surface area contributed by atoms with Gasteiger partial charge in [0, 0.05) is 6.20 Å². The zero-order valence-corrected chi connectivity index (χ0v) is 9.72. The number of hydrogen-bond donors (Lipinski definition) is 3. The minimum atomic E-state index is -1.49. The highest BCUT2D eigenvalue weighted by Gasteiger charge is 2.23. The molecular weight excluding hydrogens is 264 g/mol. The Morgan fingerprint density at radius 2 is 2.00 bits per heavy atom. The monoisotopic (exact) mass is 272 g/mol. The molecule has 0 fully saturated rings. The lowest BCUT2D eigenvalue weighted by Crippen LogP contribution is -2.42. The zero-order chi connectivity index (χ0) is 13.7. The Balaban J connectivity index is 2.75. The van der Waals surface area contributed by atoms with E-state index < -0.39 is 30.3 Å². The Bertz CT molecular complexity index is 474. The van der Waals surface area contributed by atoms with Crippen LogP contribution >= 0.6 is 11.6 Å². The maximum Gasteiger partial charge on any atom is 0.326 e. The molecule has 1 rings (SSSR count). The smallest absolute Gasteiger partial charge is 0.326 e. The fourth-order valence-corrected chi connectivity index (χ4v) is 1.24. The van der Waals surface area contributed by atoms with Gasteiger partial charge >= 0.3 is 11.9 Å². The van der Waals surface area contributed by atoms with Crippen LogP contribution in [0.15, 0.2) is 18.3 Å². The van der Waals surface area contributed by atoms with E-state index in [1.54, 1.807) is 0 Å². The molecule has 3 N–H and O–H groups in total. The number of nitrogens with zero attached hydrogens (tertiary/aromatic N) is 1. The van der Waals surface area contributed by atoms with Gasteiger partial charge in [0.05, 0.1) is 12.0 Å². The van der Waals surface area contributed by atoms with E-state index >= 15 is 0 Å². The molecule has 0 aliphatic heterocycles. The molecular formula is C10H9ClN2O5. The van der Waals surface area contributed by atoms with E-state index in [1.807, 2.05) is 0 Å². The number of rotatable bonds is 5. The Kier molecular flexibility index (Phi) is 4.61. The Morgan fingerprint density at radius 3 is 2.44 bits per heavy atom. The summed E-state index contributed by atoms with van der Waals surface area (Å²) in [5.41, 5.74) is 0.0936. The summed E-state index contributed by atoms with van der Waals surface area (Å²) in [6.07, 6.45) is 0.458. The third-order valence-corrected chi connectivity index (χ3v) is 2.20. The van der Waals surface area contributed by atoms with Gasteiger partial charge in [0.25, 0.3) is 5.91 Å². The number of hydrogen-bond acceptors (Lipinski definition) is 4. The summed E-state index contributed by atoms with van der Waals surface area (Å²) < 4.78 is 0. The Morgan fingerprint density at radius 1 is 1.33 bits per heavy atom. The first-order valence-electron chi connectivity index (χ1n) is 4.77. The predicted molar refractivity (Wildman–Crippen MR) is 60.4 cm³/mol. The van der Waals surface area contributed by atoms with Crippen molar-refractivity contribution >= 4 is 29.4 Å². The summed E-state index contributed by atoms with van der Waals surface area (Å²) in [6.45, 7) is 0. The van der Waals surface area contributed by atoms with Crippen molar-refractivity contribution < 1.29 is 24.6 Å². The van der Waals surface area contributed by atoms with E-state index in [9.17, 15) is 14.4 Å². The van der Waals surface area contributed by atoms with E-state index in [2.05, 4.69) is 10.3 Å². The molecule has 0 spiro atoms. The number of halogens is 1. The third kappa shape index (κ3) is 4.02. The highest BCUT2D eigenvalue weighted by atomic mass is 35.5. The van der Waals surface area contributed by atoms with Gasteiger partial charge in [-0.05, 0) is 12.1 Å². The fraction of sp³-hybridized carbons (Fsp3) is 0.200. The van der Waals surface area contributed by atoms with Crippen LogP contribution in [-0.4, -0.2) is 39.1 Å². The molecule has 96 valence electrons. The number of pyridine rings is 1. The van der Waals surface area contributed by atoms with Crippen LogP contribution < -0.4 is 5.32 Å². The number of carbonyl (C=O) groups excluding carboxylic acids is 1. The second-order valence-electron chi connectivity index (χ2n) is 3.33.